The van der Waals surface area contributed by atoms with Gasteiger partial charge in [-0.15, -0.1) is 0 Å². The van der Waals surface area contributed by atoms with Crippen molar-refractivity contribution in [2.45, 2.75) is 59.3 Å². The summed E-state index contributed by atoms with van der Waals surface area (Å²) < 4.78 is 0. The van der Waals surface area contributed by atoms with Gasteiger partial charge in [-0.2, -0.15) is 0 Å². The number of hydrogen-bond donors (Lipinski definition) is 0. The second kappa shape index (κ2) is 11.6. The van der Waals surface area contributed by atoms with E-state index in [1.807, 2.05) is 25.1 Å². The van der Waals surface area contributed by atoms with E-state index >= 15 is 0 Å². The molecule has 106 valence electrons. The van der Waals surface area contributed by atoms with E-state index in [2.05, 4.69) is 19.1 Å². The number of carbonyl (C=O) groups excluding carboxylic acids is 2. The van der Waals surface area contributed by atoms with Crippen LogP contribution in [0, 0.1) is 6.92 Å². The van der Waals surface area contributed by atoms with Crippen molar-refractivity contribution in [3.05, 3.63) is 35.9 Å². The Hall–Kier alpha value is -1.44. The highest BCUT2D eigenvalue weighted by molar-refractivity contribution is 5.78. The standard InChI is InChI=1S/C7H8.C6H10O.C4H8O/c1-7-5-3-2-4-6-7;7-6-4-2-1-3-5-6;1-3-4(2)5/h2-6H,1H3;1-5H2;3H2,1-2H3. The minimum absolute atomic E-state index is 0.255. The maximum absolute atomic E-state index is 10.5. The smallest absolute Gasteiger partial charge is 0.132 e. The fourth-order valence-corrected chi connectivity index (χ4v) is 1.48. The van der Waals surface area contributed by atoms with Crippen molar-refractivity contribution in [3.8, 4) is 0 Å². The number of aryl methyl sites for hydroxylation is 1. The van der Waals surface area contributed by atoms with Gasteiger partial charge in [0.05, 0.1) is 0 Å². The SMILES string of the molecule is CCC(C)=O.Cc1ccccc1.O=C1CCCCC1. The molecule has 2 nitrogen and oxygen atoms in total. The normalized spacial score (nSPS) is 13.5. The van der Waals surface area contributed by atoms with E-state index in [0.29, 0.717) is 12.2 Å². The fourth-order valence-electron chi connectivity index (χ4n) is 1.48. The van der Waals surface area contributed by atoms with E-state index < -0.39 is 0 Å². The minimum atomic E-state index is 0.255. The van der Waals surface area contributed by atoms with E-state index in [-0.39, 0.29) is 5.78 Å². The highest BCUT2D eigenvalue weighted by Gasteiger charge is 2.05. The Labute approximate surface area is 117 Å². The zero-order valence-electron chi connectivity index (χ0n) is 12.4. The minimum Gasteiger partial charge on any atom is -0.300 e. The summed E-state index contributed by atoms with van der Waals surface area (Å²) in [6, 6.07) is 10.3. The van der Waals surface area contributed by atoms with Gasteiger partial charge in [-0.25, -0.2) is 0 Å². The van der Waals surface area contributed by atoms with E-state index in [1.165, 1.54) is 12.0 Å². The molecule has 1 fully saturated rings. The lowest BCUT2D eigenvalue weighted by Gasteiger charge is -2.05. The number of rotatable bonds is 1. The van der Waals surface area contributed by atoms with Gasteiger partial charge in [-0.3, -0.25) is 4.79 Å². The predicted molar refractivity (Wildman–Crippen MR) is 80.2 cm³/mol. The number of benzene rings is 1. The van der Waals surface area contributed by atoms with E-state index in [4.69, 9.17) is 0 Å². The molecule has 0 N–H and O–H groups in total. The van der Waals surface area contributed by atoms with Crippen molar-refractivity contribution < 1.29 is 9.59 Å². The highest BCUT2D eigenvalue weighted by Crippen LogP contribution is 2.12. The van der Waals surface area contributed by atoms with Crippen LogP contribution in [0.5, 0.6) is 0 Å². The van der Waals surface area contributed by atoms with Gasteiger partial charge in [-0.1, -0.05) is 49.2 Å². The molecule has 2 heteroatoms. The number of carbonyl (C=O) groups is 2. The summed E-state index contributed by atoms with van der Waals surface area (Å²) in [6.45, 7) is 5.52. The van der Waals surface area contributed by atoms with Gasteiger partial charge in [0.15, 0.2) is 0 Å². The Balaban J connectivity index is 0.000000261. The number of ketones is 2. The van der Waals surface area contributed by atoms with Crippen LogP contribution < -0.4 is 0 Å². The van der Waals surface area contributed by atoms with Crippen LogP contribution >= 0.6 is 0 Å². The average Bonchev–Trinajstić information content (AvgIpc) is 2.42. The summed E-state index contributed by atoms with van der Waals surface area (Å²) >= 11 is 0. The zero-order valence-corrected chi connectivity index (χ0v) is 12.4. The van der Waals surface area contributed by atoms with Crippen LogP contribution in [-0.2, 0) is 9.59 Å². The quantitative estimate of drug-likeness (QED) is 0.746. The summed E-state index contributed by atoms with van der Waals surface area (Å²) in [5.41, 5.74) is 1.32. The molecule has 0 heterocycles. The van der Waals surface area contributed by atoms with E-state index in [0.717, 1.165) is 25.7 Å². The summed E-state index contributed by atoms with van der Waals surface area (Å²) in [5, 5.41) is 0. The van der Waals surface area contributed by atoms with Crippen LogP contribution in [0.4, 0.5) is 0 Å². The van der Waals surface area contributed by atoms with Gasteiger partial charge < -0.3 is 4.79 Å². The largest absolute Gasteiger partial charge is 0.300 e. The molecule has 0 bridgehead atoms. The van der Waals surface area contributed by atoms with E-state index in [1.54, 1.807) is 6.92 Å². The van der Waals surface area contributed by atoms with Gasteiger partial charge >= 0.3 is 0 Å². The molecule has 0 amide bonds. The van der Waals surface area contributed by atoms with Crippen LogP contribution in [0.25, 0.3) is 0 Å². The maximum Gasteiger partial charge on any atom is 0.132 e. The molecular formula is C17H26O2. The topological polar surface area (TPSA) is 34.1 Å². The van der Waals surface area contributed by atoms with Crippen molar-refractivity contribution in [1.29, 1.82) is 0 Å². The molecule has 2 rings (SSSR count). The molecule has 0 atom stereocenters. The lowest BCUT2D eigenvalue weighted by atomic mass is 10.00. The van der Waals surface area contributed by atoms with Crippen molar-refractivity contribution in [3.63, 3.8) is 0 Å². The van der Waals surface area contributed by atoms with Crippen molar-refractivity contribution in [1.82, 2.24) is 0 Å². The molecule has 1 aliphatic carbocycles. The number of Topliss-reactive ketones (excluding diaryl/α,β-unsaturated/α-hetero) is 2. The Morgan fingerprint density at radius 2 is 1.53 bits per heavy atom. The first-order chi connectivity index (χ1) is 9.06. The summed E-state index contributed by atoms with van der Waals surface area (Å²) in [5.74, 6) is 0.719. The molecule has 1 aliphatic rings. The lowest BCUT2D eigenvalue weighted by molar-refractivity contribution is -0.120. The first-order valence-corrected chi connectivity index (χ1v) is 7.09. The third-order valence-corrected chi connectivity index (χ3v) is 2.85. The molecular weight excluding hydrogens is 236 g/mol. The van der Waals surface area contributed by atoms with Crippen LogP contribution in [-0.4, -0.2) is 11.6 Å². The van der Waals surface area contributed by atoms with Crippen LogP contribution in [0.1, 0.15) is 57.9 Å². The van der Waals surface area contributed by atoms with Crippen LogP contribution in [0.2, 0.25) is 0 Å². The third kappa shape index (κ3) is 12.8. The van der Waals surface area contributed by atoms with E-state index in [9.17, 15) is 9.59 Å². The van der Waals surface area contributed by atoms with Crippen LogP contribution in [0.15, 0.2) is 30.3 Å². The zero-order chi connectivity index (χ0) is 14.5. The lowest BCUT2D eigenvalue weighted by Crippen LogP contribution is -2.02. The Morgan fingerprint density at radius 3 is 1.74 bits per heavy atom. The van der Waals surface area contributed by atoms with Gasteiger partial charge in [0, 0.05) is 19.3 Å². The van der Waals surface area contributed by atoms with Gasteiger partial charge in [0.2, 0.25) is 0 Å². The highest BCUT2D eigenvalue weighted by atomic mass is 16.1. The van der Waals surface area contributed by atoms with Crippen molar-refractivity contribution in [2.24, 2.45) is 0 Å². The Morgan fingerprint density at radius 1 is 1.05 bits per heavy atom. The Kier molecular flexibility index (Phi) is 10.8. The molecule has 0 radical (unpaired) electrons. The molecule has 1 saturated carbocycles. The fraction of sp³-hybridized carbons (Fsp3) is 0.529. The summed E-state index contributed by atoms with van der Waals surface area (Å²) in [6.07, 6.45) is 5.91. The molecule has 0 unspecified atom stereocenters. The van der Waals surface area contributed by atoms with Crippen molar-refractivity contribution >= 4 is 11.6 Å². The number of hydrogen-bond acceptors (Lipinski definition) is 2. The molecule has 0 spiro atoms. The molecule has 1 aromatic rings. The molecule has 0 aromatic heterocycles. The molecule has 0 aliphatic heterocycles. The average molecular weight is 262 g/mol. The molecule has 19 heavy (non-hydrogen) atoms. The first-order valence-electron chi connectivity index (χ1n) is 7.09. The third-order valence-electron chi connectivity index (χ3n) is 2.85. The Bertz CT molecular complexity index is 347. The predicted octanol–water partition coefficient (Wildman–Crippen LogP) is 4.50. The second-order valence-corrected chi connectivity index (χ2v) is 4.81. The second-order valence-electron chi connectivity index (χ2n) is 4.81. The molecule has 0 saturated heterocycles. The van der Waals surface area contributed by atoms with Crippen LogP contribution in [0.3, 0.4) is 0 Å². The summed E-state index contributed by atoms with van der Waals surface area (Å²) in [4.78, 5) is 20.3. The maximum atomic E-state index is 10.5. The summed E-state index contributed by atoms with van der Waals surface area (Å²) in [7, 11) is 0. The van der Waals surface area contributed by atoms with Gasteiger partial charge in [0.25, 0.3) is 0 Å². The molecule has 1 aromatic carbocycles. The van der Waals surface area contributed by atoms with Crippen molar-refractivity contribution in [2.75, 3.05) is 0 Å². The van der Waals surface area contributed by atoms with Gasteiger partial charge in [-0.05, 0) is 26.7 Å². The monoisotopic (exact) mass is 262 g/mol. The first kappa shape index (κ1) is 17.6. The van der Waals surface area contributed by atoms with Gasteiger partial charge in [0.1, 0.15) is 11.6 Å².